The normalized spacial score (nSPS) is 13.4. The highest BCUT2D eigenvalue weighted by Gasteiger charge is 2.29. The van der Waals surface area contributed by atoms with Gasteiger partial charge in [-0.25, -0.2) is 0 Å². The Balaban J connectivity index is 3.79. The van der Waals surface area contributed by atoms with Crippen LogP contribution in [0.5, 0.6) is 0 Å². The average Bonchev–Trinajstić information content (AvgIpc) is 2.58. The van der Waals surface area contributed by atoms with Crippen molar-refractivity contribution in [2.24, 2.45) is 5.73 Å². The Labute approximate surface area is 147 Å². The van der Waals surface area contributed by atoms with Crippen molar-refractivity contribution in [1.29, 1.82) is 0 Å². The molecule has 0 fully saturated rings. The lowest BCUT2D eigenvalue weighted by Crippen LogP contribution is -2.54. The smallest absolute Gasteiger partial charge is 0.0862 e. The third kappa shape index (κ3) is 10.4. The molecule has 2 N–H and O–H groups in total. The van der Waals surface area contributed by atoms with E-state index in [2.05, 4.69) is 27.7 Å². The molecule has 0 aliphatic rings. The maximum atomic E-state index is 5.70. The van der Waals surface area contributed by atoms with Crippen LogP contribution in [0.3, 0.4) is 0 Å². The summed E-state index contributed by atoms with van der Waals surface area (Å²) in [5.41, 5.74) is 5.70. The van der Waals surface area contributed by atoms with E-state index in [4.69, 9.17) is 5.73 Å². The minimum Gasteiger partial charge on any atom is -0.330 e. The summed E-state index contributed by atoms with van der Waals surface area (Å²) >= 11 is 0. The van der Waals surface area contributed by atoms with Crippen LogP contribution in [0.15, 0.2) is 0 Å². The van der Waals surface area contributed by atoms with Crippen molar-refractivity contribution in [3.05, 3.63) is 0 Å². The number of nitrogens with zero attached hydrogens (tertiary/aromatic N) is 1. The Morgan fingerprint density at radius 2 is 1.17 bits per heavy atom. The molecule has 0 aromatic carbocycles. The maximum absolute atomic E-state index is 5.70. The summed E-state index contributed by atoms with van der Waals surface area (Å²) in [6.07, 6.45) is 16.8. The fourth-order valence-electron chi connectivity index (χ4n) is 3.98. The van der Waals surface area contributed by atoms with Crippen molar-refractivity contribution in [2.75, 3.05) is 26.2 Å². The summed E-state index contributed by atoms with van der Waals surface area (Å²) in [6, 6.07) is 0.770. The second-order valence-electron chi connectivity index (χ2n) is 7.54. The molecule has 0 saturated carbocycles. The van der Waals surface area contributed by atoms with Crippen LogP contribution in [-0.4, -0.2) is 36.7 Å². The summed E-state index contributed by atoms with van der Waals surface area (Å²) in [6.45, 7) is 14.3. The highest BCUT2D eigenvalue weighted by Crippen LogP contribution is 2.20. The van der Waals surface area contributed by atoms with E-state index in [1.807, 2.05) is 0 Å². The van der Waals surface area contributed by atoms with Crippen molar-refractivity contribution in [3.63, 3.8) is 0 Å². The first-order valence-corrected chi connectivity index (χ1v) is 10.7. The second kappa shape index (κ2) is 15.4. The SMILES string of the molecule is CCCCCCCCCCCC[N+](CC)(CC)C(C)CCCN. The summed E-state index contributed by atoms with van der Waals surface area (Å²) in [5, 5.41) is 0. The molecular weight excluding hydrogens is 280 g/mol. The van der Waals surface area contributed by atoms with E-state index < -0.39 is 0 Å². The monoisotopic (exact) mass is 327 g/mol. The number of rotatable bonds is 17. The van der Waals surface area contributed by atoms with Crippen LogP contribution in [0, 0.1) is 0 Å². The van der Waals surface area contributed by atoms with Crippen LogP contribution in [0.2, 0.25) is 0 Å². The van der Waals surface area contributed by atoms with Crippen LogP contribution in [-0.2, 0) is 0 Å². The molecule has 0 amide bonds. The lowest BCUT2D eigenvalue weighted by Gasteiger charge is -2.42. The average molecular weight is 328 g/mol. The number of hydrogen-bond acceptors (Lipinski definition) is 1. The summed E-state index contributed by atoms with van der Waals surface area (Å²) < 4.78 is 1.30. The van der Waals surface area contributed by atoms with Gasteiger partial charge in [0.1, 0.15) is 0 Å². The molecule has 0 aromatic rings. The Morgan fingerprint density at radius 3 is 1.61 bits per heavy atom. The third-order valence-corrected chi connectivity index (χ3v) is 5.98. The molecule has 23 heavy (non-hydrogen) atoms. The quantitative estimate of drug-likeness (QED) is 0.261. The maximum Gasteiger partial charge on any atom is 0.0862 e. The molecular formula is C21H47N2+. The van der Waals surface area contributed by atoms with Crippen LogP contribution in [0.25, 0.3) is 0 Å². The molecule has 0 heterocycles. The molecule has 0 saturated heterocycles. The van der Waals surface area contributed by atoms with E-state index in [-0.39, 0.29) is 0 Å². The highest BCUT2D eigenvalue weighted by molar-refractivity contribution is 4.57. The zero-order valence-electron chi connectivity index (χ0n) is 16.9. The molecule has 0 radical (unpaired) electrons. The standard InChI is InChI=1S/C21H47N2/c1-5-8-9-10-11-12-13-14-15-16-20-23(6-2,7-3)21(4)18-17-19-22/h21H,5-20,22H2,1-4H3/q+1. The van der Waals surface area contributed by atoms with Gasteiger partial charge in [0.25, 0.3) is 0 Å². The van der Waals surface area contributed by atoms with Crippen molar-refractivity contribution < 1.29 is 4.48 Å². The Kier molecular flexibility index (Phi) is 15.4. The Morgan fingerprint density at radius 1 is 0.696 bits per heavy atom. The van der Waals surface area contributed by atoms with E-state index in [0.717, 1.165) is 12.6 Å². The fraction of sp³-hybridized carbons (Fsp3) is 1.00. The van der Waals surface area contributed by atoms with E-state index in [1.165, 1.54) is 101 Å². The second-order valence-corrected chi connectivity index (χ2v) is 7.54. The van der Waals surface area contributed by atoms with Crippen LogP contribution >= 0.6 is 0 Å². The van der Waals surface area contributed by atoms with Gasteiger partial charge in [-0.2, -0.15) is 0 Å². The van der Waals surface area contributed by atoms with Crippen LogP contribution in [0.1, 0.15) is 105 Å². The van der Waals surface area contributed by atoms with E-state index >= 15 is 0 Å². The van der Waals surface area contributed by atoms with Gasteiger partial charge in [-0.3, -0.25) is 0 Å². The van der Waals surface area contributed by atoms with Crippen molar-refractivity contribution in [2.45, 2.75) is 111 Å². The van der Waals surface area contributed by atoms with Crippen molar-refractivity contribution in [3.8, 4) is 0 Å². The first-order valence-electron chi connectivity index (χ1n) is 10.7. The van der Waals surface area contributed by atoms with E-state index in [0.29, 0.717) is 0 Å². The fourth-order valence-corrected chi connectivity index (χ4v) is 3.98. The Hall–Kier alpha value is -0.0800. The molecule has 140 valence electrons. The number of unbranched alkanes of at least 4 members (excludes halogenated alkanes) is 9. The van der Waals surface area contributed by atoms with Crippen LogP contribution < -0.4 is 5.73 Å². The third-order valence-electron chi connectivity index (χ3n) is 5.98. The molecule has 0 bridgehead atoms. The molecule has 1 atom stereocenters. The van der Waals surface area contributed by atoms with Gasteiger partial charge >= 0.3 is 0 Å². The summed E-state index contributed by atoms with van der Waals surface area (Å²) in [4.78, 5) is 0. The van der Waals surface area contributed by atoms with Gasteiger partial charge in [0.05, 0.1) is 25.7 Å². The molecule has 2 nitrogen and oxygen atoms in total. The topological polar surface area (TPSA) is 26.0 Å². The predicted octanol–water partition coefficient (Wildman–Crippen LogP) is 5.89. The first-order chi connectivity index (χ1) is 11.2. The van der Waals surface area contributed by atoms with Gasteiger partial charge in [0.15, 0.2) is 0 Å². The van der Waals surface area contributed by atoms with Gasteiger partial charge < -0.3 is 10.2 Å². The largest absolute Gasteiger partial charge is 0.330 e. The zero-order valence-corrected chi connectivity index (χ0v) is 16.9. The van der Waals surface area contributed by atoms with Gasteiger partial charge in [0.2, 0.25) is 0 Å². The lowest BCUT2D eigenvalue weighted by molar-refractivity contribution is -0.947. The Bertz CT molecular complexity index is 236. The van der Waals surface area contributed by atoms with Gasteiger partial charge in [-0.1, -0.05) is 58.3 Å². The summed E-state index contributed by atoms with van der Waals surface area (Å²) in [5.74, 6) is 0. The van der Waals surface area contributed by atoms with Gasteiger partial charge in [-0.05, 0) is 46.6 Å². The van der Waals surface area contributed by atoms with Gasteiger partial charge in [-0.15, -0.1) is 0 Å². The van der Waals surface area contributed by atoms with E-state index in [9.17, 15) is 0 Å². The molecule has 0 spiro atoms. The lowest BCUT2D eigenvalue weighted by atomic mass is 10.0. The molecule has 2 heteroatoms. The molecule has 0 aromatic heterocycles. The minimum atomic E-state index is 0.770. The highest BCUT2D eigenvalue weighted by atomic mass is 15.4. The zero-order chi connectivity index (χ0) is 17.4. The molecule has 1 unspecified atom stereocenters. The summed E-state index contributed by atoms with van der Waals surface area (Å²) in [7, 11) is 0. The first kappa shape index (κ1) is 22.9. The number of nitrogens with two attached hydrogens (primary N) is 1. The molecule has 0 rings (SSSR count). The molecule has 0 aliphatic carbocycles. The van der Waals surface area contributed by atoms with Crippen molar-refractivity contribution in [1.82, 2.24) is 0 Å². The van der Waals surface area contributed by atoms with Crippen LogP contribution in [0.4, 0.5) is 0 Å². The molecule has 0 aliphatic heterocycles. The number of quaternary nitrogens is 1. The van der Waals surface area contributed by atoms with E-state index in [1.54, 1.807) is 0 Å². The minimum absolute atomic E-state index is 0.770. The van der Waals surface area contributed by atoms with Gasteiger partial charge in [0, 0.05) is 6.42 Å². The predicted molar refractivity (Wildman–Crippen MR) is 106 cm³/mol. The number of hydrogen-bond donors (Lipinski definition) is 1. The van der Waals surface area contributed by atoms with Crippen molar-refractivity contribution >= 4 is 0 Å².